The first-order valence-electron chi connectivity index (χ1n) is 4.63. The van der Waals surface area contributed by atoms with Gasteiger partial charge < -0.3 is 19.3 Å². The summed E-state index contributed by atoms with van der Waals surface area (Å²) in [5.41, 5.74) is 0. The van der Waals surface area contributed by atoms with Crippen molar-refractivity contribution in [2.75, 3.05) is 40.1 Å². The molecule has 0 fully saturated rings. The second kappa shape index (κ2) is 9.92. The van der Waals surface area contributed by atoms with Crippen LogP contribution in [0.4, 0.5) is 0 Å². The van der Waals surface area contributed by atoms with E-state index in [-0.39, 0.29) is 6.10 Å². The van der Waals surface area contributed by atoms with Crippen molar-refractivity contribution in [3.8, 4) is 0 Å². The van der Waals surface area contributed by atoms with Crippen molar-refractivity contribution in [2.24, 2.45) is 0 Å². The van der Waals surface area contributed by atoms with Crippen LogP contribution >= 0.6 is 0 Å². The SMILES string of the molecule is CCC(O)COCCOCCOC. The van der Waals surface area contributed by atoms with E-state index in [1.165, 1.54) is 0 Å². The van der Waals surface area contributed by atoms with Crippen molar-refractivity contribution >= 4 is 0 Å². The summed E-state index contributed by atoms with van der Waals surface area (Å²) in [4.78, 5) is 0. The van der Waals surface area contributed by atoms with Crippen molar-refractivity contribution in [1.82, 2.24) is 0 Å². The molecule has 0 aromatic rings. The molecule has 0 radical (unpaired) electrons. The van der Waals surface area contributed by atoms with Gasteiger partial charge in [0.15, 0.2) is 0 Å². The van der Waals surface area contributed by atoms with E-state index in [0.29, 0.717) is 33.0 Å². The Morgan fingerprint density at radius 1 is 1.08 bits per heavy atom. The number of hydrogen-bond donors (Lipinski definition) is 1. The Morgan fingerprint density at radius 3 is 2.31 bits per heavy atom. The summed E-state index contributed by atoms with van der Waals surface area (Å²) in [6, 6.07) is 0. The van der Waals surface area contributed by atoms with Crippen LogP contribution in [0.5, 0.6) is 0 Å². The Kier molecular flexibility index (Phi) is 9.80. The molecule has 0 aliphatic heterocycles. The maximum Gasteiger partial charge on any atom is 0.0771 e. The molecule has 0 aromatic heterocycles. The van der Waals surface area contributed by atoms with Crippen LogP contribution in [0.2, 0.25) is 0 Å². The third kappa shape index (κ3) is 9.76. The average Bonchev–Trinajstić information content (AvgIpc) is 2.16. The third-order valence-corrected chi connectivity index (χ3v) is 1.59. The van der Waals surface area contributed by atoms with E-state index in [1.54, 1.807) is 7.11 Å². The monoisotopic (exact) mass is 192 g/mol. The van der Waals surface area contributed by atoms with Crippen LogP contribution in [0.1, 0.15) is 13.3 Å². The van der Waals surface area contributed by atoms with E-state index in [2.05, 4.69) is 0 Å². The zero-order chi connectivity index (χ0) is 9.94. The molecule has 0 rings (SSSR count). The molecule has 1 atom stereocenters. The maximum atomic E-state index is 9.11. The fourth-order valence-electron chi connectivity index (χ4n) is 0.699. The van der Waals surface area contributed by atoms with E-state index >= 15 is 0 Å². The molecule has 0 bridgehead atoms. The first kappa shape index (κ1) is 12.8. The smallest absolute Gasteiger partial charge is 0.0771 e. The first-order valence-corrected chi connectivity index (χ1v) is 4.63. The highest BCUT2D eigenvalue weighted by Gasteiger charge is 1.99. The van der Waals surface area contributed by atoms with Gasteiger partial charge in [-0.1, -0.05) is 6.92 Å². The Labute approximate surface area is 79.8 Å². The molecule has 0 aromatic carbocycles. The lowest BCUT2D eigenvalue weighted by molar-refractivity contribution is -0.00596. The number of aliphatic hydroxyl groups excluding tert-OH is 1. The molecular formula is C9H20O4. The molecule has 0 aliphatic carbocycles. The summed E-state index contributed by atoms with van der Waals surface area (Å²) in [5.74, 6) is 0. The van der Waals surface area contributed by atoms with Gasteiger partial charge in [0.1, 0.15) is 0 Å². The molecule has 0 spiro atoms. The maximum absolute atomic E-state index is 9.11. The molecule has 0 saturated heterocycles. The van der Waals surface area contributed by atoms with E-state index in [1.807, 2.05) is 6.92 Å². The van der Waals surface area contributed by atoms with Crippen molar-refractivity contribution in [3.63, 3.8) is 0 Å². The van der Waals surface area contributed by atoms with E-state index in [4.69, 9.17) is 19.3 Å². The van der Waals surface area contributed by atoms with Gasteiger partial charge in [-0.3, -0.25) is 0 Å². The topological polar surface area (TPSA) is 47.9 Å². The average molecular weight is 192 g/mol. The second-order valence-electron chi connectivity index (χ2n) is 2.74. The van der Waals surface area contributed by atoms with Crippen molar-refractivity contribution < 1.29 is 19.3 Å². The van der Waals surface area contributed by atoms with Gasteiger partial charge in [-0.05, 0) is 6.42 Å². The Morgan fingerprint density at radius 2 is 1.69 bits per heavy atom. The molecule has 0 saturated carbocycles. The Hall–Kier alpha value is -0.160. The van der Waals surface area contributed by atoms with E-state index < -0.39 is 0 Å². The van der Waals surface area contributed by atoms with Crippen molar-refractivity contribution in [1.29, 1.82) is 0 Å². The molecule has 0 amide bonds. The van der Waals surface area contributed by atoms with Crippen LogP contribution in [0, 0.1) is 0 Å². The summed E-state index contributed by atoms with van der Waals surface area (Å²) in [6.45, 7) is 4.60. The van der Waals surface area contributed by atoms with Crippen LogP contribution in [-0.2, 0) is 14.2 Å². The summed E-state index contributed by atoms with van der Waals surface area (Å²) < 4.78 is 15.1. The molecule has 4 heteroatoms. The largest absolute Gasteiger partial charge is 0.391 e. The normalized spacial score (nSPS) is 13.2. The molecule has 1 unspecified atom stereocenters. The van der Waals surface area contributed by atoms with Gasteiger partial charge in [-0.25, -0.2) is 0 Å². The highest BCUT2D eigenvalue weighted by Crippen LogP contribution is 1.90. The summed E-state index contributed by atoms with van der Waals surface area (Å²) >= 11 is 0. The van der Waals surface area contributed by atoms with Crippen LogP contribution in [0.3, 0.4) is 0 Å². The van der Waals surface area contributed by atoms with Crippen molar-refractivity contribution in [3.05, 3.63) is 0 Å². The predicted octanol–water partition coefficient (Wildman–Crippen LogP) is 0.437. The highest BCUT2D eigenvalue weighted by molar-refractivity contribution is 4.47. The summed E-state index contributed by atoms with van der Waals surface area (Å²) in [7, 11) is 1.64. The van der Waals surface area contributed by atoms with Gasteiger partial charge in [-0.2, -0.15) is 0 Å². The number of aliphatic hydroxyl groups is 1. The number of rotatable bonds is 9. The molecule has 1 N–H and O–H groups in total. The molecule has 80 valence electrons. The van der Waals surface area contributed by atoms with Crippen LogP contribution in [0.15, 0.2) is 0 Å². The highest BCUT2D eigenvalue weighted by atomic mass is 16.5. The molecular weight excluding hydrogens is 172 g/mol. The fourth-order valence-corrected chi connectivity index (χ4v) is 0.699. The molecule has 0 aliphatic rings. The van der Waals surface area contributed by atoms with Crippen LogP contribution in [0.25, 0.3) is 0 Å². The third-order valence-electron chi connectivity index (χ3n) is 1.59. The van der Waals surface area contributed by atoms with Crippen LogP contribution in [-0.4, -0.2) is 51.4 Å². The van der Waals surface area contributed by atoms with Crippen LogP contribution < -0.4 is 0 Å². The van der Waals surface area contributed by atoms with Gasteiger partial charge in [0.25, 0.3) is 0 Å². The van der Waals surface area contributed by atoms with Gasteiger partial charge in [0.2, 0.25) is 0 Å². The first-order chi connectivity index (χ1) is 6.31. The number of hydrogen-bond acceptors (Lipinski definition) is 4. The lowest BCUT2D eigenvalue weighted by Gasteiger charge is -2.08. The van der Waals surface area contributed by atoms with Gasteiger partial charge in [0.05, 0.1) is 39.1 Å². The molecule has 0 heterocycles. The zero-order valence-electron chi connectivity index (χ0n) is 8.49. The number of methoxy groups -OCH3 is 1. The minimum absolute atomic E-state index is 0.348. The predicted molar refractivity (Wildman–Crippen MR) is 49.8 cm³/mol. The zero-order valence-corrected chi connectivity index (χ0v) is 8.49. The lowest BCUT2D eigenvalue weighted by atomic mass is 10.3. The minimum Gasteiger partial charge on any atom is -0.391 e. The Balaban J connectivity index is 2.91. The second-order valence-corrected chi connectivity index (χ2v) is 2.74. The fraction of sp³-hybridized carbons (Fsp3) is 1.00. The van der Waals surface area contributed by atoms with E-state index in [0.717, 1.165) is 6.42 Å². The van der Waals surface area contributed by atoms with Gasteiger partial charge in [0, 0.05) is 7.11 Å². The Bertz CT molecular complexity index is 97.6. The molecule has 13 heavy (non-hydrogen) atoms. The molecule has 4 nitrogen and oxygen atoms in total. The minimum atomic E-state index is -0.348. The van der Waals surface area contributed by atoms with Gasteiger partial charge >= 0.3 is 0 Å². The quantitative estimate of drug-likeness (QED) is 0.538. The van der Waals surface area contributed by atoms with Crippen molar-refractivity contribution in [2.45, 2.75) is 19.4 Å². The summed E-state index contributed by atoms with van der Waals surface area (Å²) in [5, 5.41) is 9.11. The number of ether oxygens (including phenoxy) is 3. The summed E-state index contributed by atoms with van der Waals surface area (Å²) in [6.07, 6.45) is 0.379. The van der Waals surface area contributed by atoms with E-state index in [9.17, 15) is 0 Å². The lowest BCUT2D eigenvalue weighted by Crippen LogP contribution is -2.16. The van der Waals surface area contributed by atoms with Gasteiger partial charge in [-0.15, -0.1) is 0 Å². The standard InChI is InChI=1S/C9H20O4/c1-3-9(10)8-13-7-6-12-5-4-11-2/h9-10H,3-8H2,1-2H3.